The number of rotatable bonds is 10. The molecule has 0 saturated heterocycles. The number of amides is 1. The van der Waals surface area contributed by atoms with Gasteiger partial charge in [-0.2, -0.15) is 0 Å². The highest BCUT2D eigenvalue weighted by molar-refractivity contribution is 5.81. The fourth-order valence-corrected chi connectivity index (χ4v) is 3.02. The average molecular weight is 385 g/mol. The Balaban J connectivity index is 1.82. The first kappa shape index (κ1) is 21.8. The van der Waals surface area contributed by atoms with Crippen LogP contribution in [-0.4, -0.2) is 44.7 Å². The van der Waals surface area contributed by atoms with E-state index in [2.05, 4.69) is 41.4 Å². The number of methoxy groups -OCH3 is 2. The predicted molar refractivity (Wildman–Crippen MR) is 113 cm³/mol. The van der Waals surface area contributed by atoms with Gasteiger partial charge >= 0.3 is 0 Å². The summed E-state index contributed by atoms with van der Waals surface area (Å²) in [5.74, 6) is 1.44. The molecule has 0 aliphatic heterocycles. The van der Waals surface area contributed by atoms with Gasteiger partial charge in [-0.25, -0.2) is 0 Å². The average Bonchev–Trinajstić information content (AvgIpc) is 2.73. The summed E-state index contributed by atoms with van der Waals surface area (Å²) >= 11 is 0. The normalized spacial score (nSPS) is 11.9. The van der Waals surface area contributed by atoms with Crippen molar-refractivity contribution in [2.45, 2.75) is 39.3 Å². The third kappa shape index (κ3) is 5.99. The molecule has 0 heterocycles. The second-order valence-corrected chi connectivity index (χ2v) is 6.99. The van der Waals surface area contributed by atoms with E-state index in [9.17, 15) is 4.79 Å². The van der Waals surface area contributed by atoms with Crippen LogP contribution in [0.3, 0.4) is 0 Å². The second-order valence-electron chi connectivity index (χ2n) is 6.99. The molecule has 0 aliphatic rings. The van der Waals surface area contributed by atoms with Crippen molar-refractivity contribution in [1.82, 2.24) is 10.2 Å². The number of likely N-dealkylation sites (N-methyl/N-ethyl adjacent to an activating group) is 1. The van der Waals surface area contributed by atoms with Crippen LogP contribution in [0.1, 0.15) is 30.5 Å². The molecule has 1 atom stereocenters. The number of aryl methyl sites for hydroxylation is 1. The lowest BCUT2D eigenvalue weighted by Crippen LogP contribution is -2.43. The molecule has 0 radical (unpaired) electrons. The van der Waals surface area contributed by atoms with E-state index in [-0.39, 0.29) is 11.9 Å². The lowest BCUT2D eigenvalue weighted by atomic mass is 10.1. The van der Waals surface area contributed by atoms with Crippen LogP contribution in [0, 0.1) is 0 Å². The minimum Gasteiger partial charge on any atom is -0.493 e. The van der Waals surface area contributed by atoms with E-state index in [0.29, 0.717) is 18.0 Å². The Morgan fingerprint density at radius 1 is 1.00 bits per heavy atom. The molecule has 1 unspecified atom stereocenters. The van der Waals surface area contributed by atoms with E-state index >= 15 is 0 Å². The predicted octanol–water partition coefficient (Wildman–Crippen LogP) is 3.45. The quantitative estimate of drug-likeness (QED) is 0.682. The van der Waals surface area contributed by atoms with E-state index in [1.165, 1.54) is 11.1 Å². The van der Waals surface area contributed by atoms with Crippen molar-refractivity contribution >= 4 is 5.91 Å². The smallest absolute Gasteiger partial charge is 0.237 e. The van der Waals surface area contributed by atoms with Crippen LogP contribution in [0.25, 0.3) is 0 Å². The Morgan fingerprint density at radius 3 is 2.21 bits per heavy atom. The van der Waals surface area contributed by atoms with Crippen LogP contribution in [0.4, 0.5) is 0 Å². The molecule has 0 aliphatic carbocycles. The van der Waals surface area contributed by atoms with Gasteiger partial charge in [0.05, 0.1) is 20.3 Å². The highest BCUT2D eigenvalue weighted by atomic mass is 16.5. The molecule has 5 heteroatoms. The number of hydrogen-bond acceptors (Lipinski definition) is 4. The number of ether oxygens (including phenoxy) is 2. The monoisotopic (exact) mass is 384 g/mol. The van der Waals surface area contributed by atoms with Crippen LogP contribution >= 0.6 is 0 Å². The minimum absolute atomic E-state index is 0.0353. The van der Waals surface area contributed by atoms with Crippen molar-refractivity contribution in [3.8, 4) is 11.5 Å². The maximum Gasteiger partial charge on any atom is 0.237 e. The van der Waals surface area contributed by atoms with E-state index < -0.39 is 0 Å². The lowest BCUT2D eigenvalue weighted by molar-refractivity contribution is -0.125. The molecule has 28 heavy (non-hydrogen) atoms. The van der Waals surface area contributed by atoms with Crippen LogP contribution in [0.5, 0.6) is 11.5 Å². The van der Waals surface area contributed by atoms with Gasteiger partial charge in [-0.15, -0.1) is 0 Å². The van der Waals surface area contributed by atoms with Crippen molar-refractivity contribution in [3.05, 3.63) is 59.2 Å². The first-order chi connectivity index (χ1) is 13.5. The molecule has 1 N–H and O–H groups in total. The molecule has 1 amide bonds. The summed E-state index contributed by atoms with van der Waals surface area (Å²) in [6.07, 6.45) is 1.77. The molecule has 0 fully saturated rings. The van der Waals surface area contributed by atoms with Crippen molar-refractivity contribution in [2.75, 3.05) is 27.8 Å². The van der Waals surface area contributed by atoms with Crippen LogP contribution in [0.15, 0.2) is 42.5 Å². The zero-order valence-corrected chi connectivity index (χ0v) is 17.6. The lowest BCUT2D eigenvalue weighted by Gasteiger charge is -2.24. The molecular formula is C23H32N2O3. The van der Waals surface area contributed by atoms with Gasteiger partial charge in [0.1, 0.15) is 0 Å². The zero-order chi connectivity index (χ0) is 20.5. The van der Waals surface area contributed by atoms with E-state index in [1.54, 1.807) is 14.2 Å². The SMILES string of the molecule is CCc1ccc(CN(C)C(C)C(=O)NCCc2ccc(OC)c(OC)c2)cc1. The maximum atomic E-state index is 12.5. The van der Waals surface area contributed by atoms with Gasteiger partial charge in [-0.3, -0.25) is 9.69 Å². The van der Waals surface area contributed by atoms with Gasteiger partial charge in [0, 0.05) is 13.1 Å². The summed E-state index contributed by atoms with van der Waals surface area (Å²) in [4.78, 5) is 14.6. The summed E-state index contributed by atoms with van der Waals surface area (Å²) in [6, 6.07) is 14.2. The molecule has 2 aromatic rings. The summed E-state index contributed by atoms with van der Waals surface area (Å²) in [5.41, 5.74) is 3.63. The van der Waals surface area contributed by atoms with E-state index in [4.69, 9.17) is 9.47 Å². The molecule has 0 spiro atoms. The van der Waals surface area contributed by atoms with Gasteiger partial charge < -0.3 is 14.8 Å². The second kappa shape index (κ2) is 10.7. The molecule has 2 rings (SSSR count). The number of hydrogen-bond donors (Lipinski definition) is 1. The molecule has 0 aromatic heterocycles. The molecule has 0 saturated carbocycles. The fraction of sp³-hybridized carbons (Fsp3) is 0.435. The summed E-state index contributed by atoms with van der Waals surface area (Å²) in [5, 5.41) is 3.03. The number of carbonyl (C=O) groups excluding carboxylic acids is 1. The van der Waals surface area contributed by atoms with Crippen LogP contribution in [0.2, 0.25) is 0 Å². The number of benzene rings is 2. The Kier molecular flexibility index (Phi) is 8.33. The number of nitrogens with zero attached hydrogens (tertiary/aromatic N) is 1. The van der Waals surface area contributed by atoms with E-state index in [1.807, 2.05) is 32.2 Å². The first-order valence-electron chi connectivity index (χ1n) is 9.75. The van der Waals surface area contributed by atoms with Crippen molar-refractivity contribution in [3.63, 3.8) is 0 Å². The van der Waals surface area contributed by atoms with Gasteiger partial charge in [0.25, 0.3) is 0 Å². The van der Waals surface area contributed by atoms with Crippen LogP contribution < -0.4 is 14.8 Å². The highest BCUT2D eigenvalue weighted by Gasteiger charge is 2.17. The van der Waals surface area contributed by atoms with Gasteiger partial charge in [0.15, 0.2) is 11.5 Å². The highest BCUT2D eigenvalue weighted by Crippen LogP contribution is 2.27. The third-order valence-corrected chi connectivity index (χ3v) is 5.06. The first-order valence-corrected chi connectivity index (χ1v) is 9.75. The topological polar surface area (TPSA) is 50.8 Å². The van der Waals surface area contributed by atoms with Gasteiger partial charge in [-0.1, -0.05) is 37.3 Å². The van der Waals surface area contributed by atoms with Crippen molar-refractivity contribution in [1.29, 1.82) is 0 Å². The molecule has 5 nitrogen and oxygen atoms in total. The Labute approximate surface area is 168 Å². The number of carbonyl (C=O) groups is 1. The molecular weight excluding hydrogens is 352 g/mol. The van der Waals surface area contributed by atoms with E-state index in [0.717, 1.165) is 24.9 Å². The van der Waals surface area contributed by atoms with Gasteiger partial charge in [-0.05, 0) is 55.6 Å². The maximum absolute atomic E-state index is 12.5. The van der Waals surface area contributed by atoms with Crippen LogP contribution in [-0.2, 0) is 24.2 Å². The van der Waals surface area contributed by atoms with Crippen molar-refractivity contribution < 1.29 is 14.3 Å². The Morgan fingerprint density at radius 2 is 1.61 bits per heavy atom. The van der Waals surface area contributed by atoms with Gasteiger partial charge in [0.2, 0.25) is 5.91 Å². The summed E-state index contributed by atoms with van der Waals surface area (Å²) in [7, 11) is 5.22. The number of nitrogens with one attached hydrogen (secondary N) is 1. The fourth-order valence-electron chi connectivity index (χ4n) is 3.02. The molecule has 2 aromatic carbocycles. The summed E-state index contributed by atoms with van der Waals surface area (Å²) in [6.45, 7) is 5.41. The summed E-state index contributed by atoms with van der Waals surface area (Å²) < 4.78 is 10.6. The third-order valence-electron chi connectivity index (χ3n) is 5.06. The molecule has 0 bridgehead atoms. The zero-order valence-electron chi connectivity index (χ0n) is 17.6. The minimum atomic E-state index is -0.198. The standard InChI is InChI=1S/C23H32N2O3/c1-6-18-7-9-20(10-8-18)16-25(3)17(2)23(26)24-14-13-19-11-12-21(27-4)22(15-19)28-5/h7-12,15,17H,6,13-14,16H2,1-5H3,(H,24,26). The largest absolute Gasteiger partial charge is 0.493 e. The Bertz CT molecular complexity index is 759. The Hall–Kier alpha value is -2.53. The van der Waals surface area contributed by atoms with Crippen molar-refractivity contribution in [2.24, 2.45) is 0 Å². The molecule has 152 valence electrons.